The first kappa shape index (κ1) is 18.6. The monoisotopic (exact) mass is 351 g/mol. The highest BCUT2D eigenvalue weighted by Gasteiger charge is 2.11. The summed E-state index contributed by atoms with van der Waals surface area (Å²) >= 11 is 0. The lowest BCUT2D eigenvalue weighted by molar-refractivity contribution is 0.0953. The van der Waals surface area contributed by atoms with Crippen LogP contribution >= 0.6 is 0 Å². The number of nitrogens with zero attached hydrogens (tertiary/aromatic N) is 2. The van der Waals surface area contributed by atoms with Gasteiger partial charge < -0.3 is 5.32 Å². The summed E-state index contributed by atoms with van der Waals surface area (Å²) in [6.07, 6.45) is 10.8. The Labute approximate surface area is 156 Å². The number of aromatic nitrogens is 1. The van der Waals surface area contributed by atoms with Crippen LogP contribution in [0.1, 0.15) is 53.6 Å². The summed E-state index contributed by atoms with van der Waals surface area (Å²) < 4.78 is 0. The fourth-order valence-corrected chi connectivity index (χ4v) is 3.51. The number of carbonyl (C=O) groups is 1. The Kier molecular flexibility index (Phi) is 7.20. The van der Waals surface area contributed by atoms with Crippen LogP contribution < -0.4 is 5.32 Å². The highest BCUT2D eigenvalue weighted by molar-refractivity contribution is 5.94. The predicted octanol–water partition coefficient (Wildman–Crippen LogP) is 3.82. The molecule has 1 N–H and O–H groups in total. The number of likely N-dealkylation sites (tertiary alicyclic amines) is 1. The van der Waals surface area contributed by atoms with E-state index in [0.717, 1.165) is 24.9 Å². The van der Waals surface area contributed by atoms with Crippen molar-refractivity contribution >= 4 is 5.91 Å². The predicted molar refractivity (Wildman–Crippen MR) is 105 cm³/mol. The summed E-state index contributed by atoms with van der Waals surface area (Å²) in [5.74, 6) is 0.0221. The number of benzene rings is 1. The molecular weight excluding hydrogens is 322 g/mol. The van der Waals surface area contributed by atoms with Crippen molar-refractivity contribution in [2.45, 2.75) is 45.1 Å². The minimum absolute atomic E-state index is 0.0221. The highest BCUT2D eigenvalue weighted by atomic mass is 16.1. The van der Waals surface area contributed by atoms with Gasteiger partial charge in [0.25, 0.3) is 5.91 Å². The van der Waals surface area contributed by atoms with Crippen LogP contribution in [0.2, 0.25) is 0 Å². The van der Waals surface area contributed by atoms with Crippen LogP contribution in [0.3, 0.4) is 0 Å². The average molecular weight is 351 g/mol. The van der Waals surface area contributed by atoms with Gasteiger partial charge in [0.15, 0.2) is 0 Å². The van der Waals surface area contributed by atoms with Gasteiger partial charge in [-0.2, -0.15) is 0 Å². The van der Waals surface area contributed by atoms with Gasteiger partial charge >= 0.3 is 0 Å². The lowest BCUT2D eigenvalue weighted by Gasteiger charge is -2.20. The molecule has 1 fully saturated rings. The Bertz CT molecular complexity index is 679. The maximum absolute atomic E-state index is 12.4. The van der Waals surface area contributed by atoms with Gasteiger partial charge in [0.1, 0.15) is 0 Å². The van der Waals surface area contributed by atoms with E-state index in [4.69, 9.17) is 0 Å². The van der Waals surface area contributed by atoms with Crippen molar-refractivity contribution in [2.75, 3.05) is 19.6 Å². The first-order valence-corrected chi connectivity index (χ1v) is 9.80. The number of pyridine rings is 1. The minimum atomic E-state index is 0.0221. The molecular formula is C22H29N3O. The van der Waals surface area contributed by atoms with Crippen LogP contribution in [0.5, 0.6) is 0 Å². The highest BCUT2D eigenvalue weighted by Crippen LogP contribution is 2.14. The number of hydrogen-bond acceptors (Lipinski definition) is 3. The van der Waals surface area contributed by atoms with Crippen LogP contribution in [-0.2, 0) is 13.0 Å². The Balaban J connectivity index is 1.46. The van der Waals surface area contributed by atoms with Crippen molar-refractivity contribution in [1.29, 1.82) is 0 Å². The smallest absolute Gasteiger partial charge is 0.251 e. The molecule has 4 heteroatoms. The van der Waals surface area contributed by atoms with E-state index in [1.54, 1.807) is 6.20 Å². The van der Waals surface area contributed by atoms with Crippen LogP contribution in [0.15, 0.2) is 48.8 Å². The SMILES string of the molecule is O=C(NCCCc1cccnc1)c1cccc(CN2CCCCCC2)c1. The summed E-state index contributed by atoms with van der Waals surface area (Å²) in [5.41, 5.74) is 3.20. The zero-order chi connectivity index (χ0) is 18.0. The molecule has 4 nitrogen and oxygen atoms in total. The van der Waals surface area contributed by atoms with Crippen LogP contribution in [-0.4, -0.2) is 35.4 Å². The van der Waals surface area contributed by atoms with Crippen LogP contribution in [0.25, 0.3) is 0 Å². The third-order valence-corrected chi connectivity index (χ3v) is 4.94. The maximum Gasteiger partial charge on any atom is 0.251 e. The molecule has 1 aliphatic rings. The molecule has 0 aliphatic carbocycles. The fraction of sp³-hybridized carbons (Fsp3) is 0.455. The molecule has 1 aromatic heterocycles. The summed E-state index contributed by atoms with van der Waals surface area (Å²) in [7, 11) is 0. The van der Waals surface area contributed by atoms with Gasteiger partial charge in [-0.15, -0.1) is 0 Å². The molecule has 1 saturated heterocycles. The second-order valence-corrected chi connectivity index (χ2v) is 7.11. The molecule has 0 spiro atoms. The van der Waals surface area contributed by atoms with Crippen molar-refractivity contribution in [3.05, 3.63) is 65.5 Å². The topological polar surface area (TPSA) is 45.2 Å². The maximum atomic E-state index is 12.4. The molecule has 3 rings (SSSR count). The second-order valence-electron chi connectivity index (χ2n) is 7.11. The van der Waals surface area contributed by atoms with Crippen molar-refractivity contribution in [1.82, 2.24) is 15.2 Å². The molecule has 0 atom stereocenters. The van der Waals surface area contributed by atoms with Gasteiger partial charge in [0, 0.05) is 31.0 Å². The average Bonchev–Trinajstić information content (AvgIpc) is 2.95. The minimum Gasteiger partial charge on any atom is -0.352 e. The first-order valence-electron chi connectivity index (χ1n) is 9.80. The molecule has 2 heterocycles. The Hall–Kier alpha value is -2.20. The van der Waals surface area contributed by atoms with Gasteiger partial charge in [0.05, 0.1) is 0 Å². The largest absolute Gasteiger partial charge is 0.352 e. The quantitative estimate of drug-likeness (QED) is 0.771. The van der Waals surface area contributed by atoms with E-state index in [1.165, 1.54) is 49.9 Å². The van der Waals surface area contributed by atoms with Crippen molar-refractivity contribution in [3.8, 4) is 0 Å². The molecule has 138 valence electrons. The van der Waals surface area contributed by atoms with Crippen LogP contribution in [0, 0.1) is 0 Å². The second kappa shape index (κ2) is 10.1. The number of amides is 1. The number of rotatable bonds is 7. The van der Waals surface area contributed by atoms with Crippen molar-refractivity contribution < 1.29 is 4.79 Å². The van der Waals surface area contributed by atoms with E-state index < -0.39 is 0 Å². The lowest BCUT2D eigenvalue weighted by atomic mass is 10.1. The van der Waals surface area contributed by atoms with Gasteiger partial charge in [-0.3, -0.25) is 14.7 Å². The Morgan fingerprint density at radius 2 is 1.85 bits per heavy atom. The van der Waals surface area contributed by atoms with E-state index in [0.29, 0.717) is 6.54 Å². The normalized spacial score (nSPS) is 15.4. The van der Waals surface area contributed by atoms with Gasteiger partial charge in [-0.25, -0.2) is 0 Å². The first-order chi connectivity index (χ1) is 12.8. The number of hydrogen-bond donors (Lipinski definition) is 1. The van der Waals surface area contributed by atoms with E-state index in [9.17, 15) is 4.79 Å². The third-order valence-electron chi connectivity index (χ3n) is 4.94. The summed E-state index contributed by atoms with van der Waals surface area (Å²) in [6, 6.07) is 12.1. The molecule has 0 bridgehead atoms. The number of nitrogens with one attached hydrogen (secondary N) is 1. The molecule has 1 amide bonds. The Morgan fingerprint density at radius 1 is 1.04 bits per heavy atom. The fourth-order valence-electron chi connectivity index (χ4n) is 3.51. The Morgan fingerprint density at radius 3 is 2.62 bits per heavy atom. The lowest BCUT2D eigenvalue weighted by Crippen LogP contribution is -2.26. The molecule has 2 aromatic rings. The number of aryl methyl sites for hydroxylation is 1. The van der Waals surface area contributed by atoms with Gasteiger partial charge in [0.2, 0.25) is 0 Å². The number of carbonyl (C=O) groups excluding carboxylic acids is 1. The molecule has 0 saturated carbocycles. The van der Waals surface area contributed by atoms with E-state index in [1.807, 2.05) is 30.5 Å². The van der Waals surface area contributed by atoms with Gasteiger partial charge in [-0.1, -0.05) is 31.0 Å². The summed E-state index contributed by atoms with van der Waals surface area (Å²) in [5, 5.41) is 3.04. The zero-order valence-electron chi connectivity index (χ0n) is 15.5. The molecule has 1 aliphatic heterocycles. The zero-order valence-corrected chi connectivity index (χ0v) is 15.5. The third kappa shape index (κ3) is 5.95. The van der Waals surface area contributed by atoms with Crippen LogP contribution in [0.4, 0.5) is 0 Å². The molecule has 1 aromatic carbocycles. The summed E-state index contributed by atoms with van der Waals surface area (Å²) in [6.45, 7) is 3.97. The molecule has 26 heavy (non-hydrogen) atoms. The molecule has 0 radical (unpaired) electrons. The summed E-state index contributed by atoms with van der Waals surface area (Å²) in [4.78, 5) is 19.0. The van der Waals surface area contributed by atoms with Crippen molar-refractivity contribution in [2.24, 2.45) is 0 Å². The van der Waals surface area contributed by atoms with E-state index in [2.05, 4.69) is 27.3 Å². The standard InChI is InChI=1S/C22H29N3O/c26-22(24-13-7-10-19-9-6-12-23-17-19)21-11-5-8-20(16-21)18-25-14-3-1-2-4-15-25/h5-6,8-9,11-12,16-17H,1-4,7,10,13-15,18H2,(H,24,26). The van der Waals surface area contributed by atoms with E-state index in [-0.39, 0.29) is 5.91 Å². The van der Waals surface area contributed by atoms with E-state index >= 15 is 0 Å². The molecule has 0 unspecified atom stereocenters. The van der Waals surface area contributed by atoms with Gasteiger partial charge in [-0.05, 0) is 68.1 Å². The van der Waals surface area contributed by atoms with Crippen molar-refractivity contribution in [3.63, 3.8) is 0 Å².